The van der Waals surface area contributed by atoms with Crippen LogP contribution in [0.1, 0.15) is 0 Å². The first-order valence-electron chi connectivity index (χ1n) is 23.3. The highest BCUT2D eigenvalue weighted by molar-refractivity contribution is 7.26. The summed E-state index contributed by atoms with van der Waals surface area (Å²) in [6.07, 6.45) is 0. The van der Waals surface area contributed by atoms with Crippen molar-refractivity contribution in [1.29, 1.82) is 0 Å². The van der Waals surface area contributed by atoms with Crippen molar-refractivity contribution in [3.05, 3.63) is 237 Å². The van der Waals surface area contributed by atoms with Crippen molar-refractivity contribution in [3.63, 3.8) is 0 Å². The molecule has 0 saturated carbocycles. The van der Waals surface area contributed by atoms with Gasteiger partial charge in [-0.3, -0.25) is 0 Å². The molecule has 0 N–H and O–H groups in total. The smallest absolute Gasteiger partial charge is 0.166 e. The molecule has 0 atom stereocenters. The Bertz CT molecular complexity index is 4110. The van der Waals surface area contributed by atoms with E-state index in [-0.39, 0.29) is 0 Å². The topological polar surface area (TPSA) is 48.5 Å². The molecule has 0 unspecified atom stereocenters. The molecule has 6 heteroatoms. The van der Waals surface area contributed by atoms with E-state index in [9.17, 15) is 0 Å². The fourth-order valence-corrected chi connectivity index (χ4v) is 11.7. The summed E-state index contributed by atoms with van der Waals surface area (Å²) in [6.45, 7) is 0. The molecule has 5 nitrogen and oxygen atoms in total. The summed E-state index contributed by atoms with van der Waals surface area (Å²) in [5.41, 5.74) is 14.2. The molecule has 10 aromatic carbocycles. The summed E-state index contributed by atoms with van der Waals surface area (Å²) in [7, 11) is 0. The monoisotopic (exact) mass is 897 g/mol. The zero-order valence-corrected chi connectivity index (χ0v) is 38.0. The molecule has 0 radical (unpaired) electrons. The Morgan fingerprint density at radius 1 is 0.304 bits per heavy atom. The van der Waals surface area contributed by atoms with Crippen molar-refractivity contribution in [2.45, 2.75) is 0 Å². The SMILES string of the molecule is c1ccc(-c2ccc(-c3nc(-c4ccc(-c5ccccc5)cc4)nc(-c4cccc5c6ccc7c(sc8cccc(-n9c%10ccccc%10c%10ccccc%109)c87)c6n(-c6ccccc6)c45)n3)cc2)cc1. The third-order valence-corrected chi connectivity index (χ3v) is 14.8. The van der Waals surface area contributed by atoms with Gasteiger partial charge >= 0.3 is 0 Å². The first kappa shape index (κ1) is 39.2. The number of thiophene rings is 1. The van der Waals surface area contributed by atoms with E-state index in [1.54, 1.807) is 0 Å². The van der Waals surface area contributed by atoms with Gasteiger partial charge in [0.2, 0.25) is 0 Å². The lowest BCUT2D eigenvalue weighted by Gasteiger charge is -2.13. The number of fused-ring (bicyclic) bond motifs is 10. The van der Waals surface area contributed by atoms with Gasteiger partial charge < -0.3 is 9.13 Å². The Kier molecular flexibility index (Phi) is 9.00. The first-order valence-corrected chi connectivity index (χ1v) is 24.1. The highest BCUT2D eigenvalue weighted by Crippen LogP contribution is 2.47. The van der Waals surface area contributed by atoms with Crippen LogP contribution in [-0.4, -0.2) is 24.1 Å². The minimum Gasteiger partial charge on any atom is -0.309 e. The van der Waals surface area contributed by atoms with Crippen molar-refractivity contribution < 1.29 is 0 Å². The van der Waals surface area contributed by atoms with Crippen molar-refractivity contribution in [2.24, 2.45) is 0 Å². The maximum atomic E-state index is 5.37. The number of nitrogens with zero attached hydrogens (tertiary/aromatic N) is 5. The van der Waals surface area contributed by atoms with Gasteiger partial charge in [0.1, 0.15) is 0 Å². The molecule has 4 aromatic heterocycles. The quantitative estimate of drug-likeness (QED) is 0.160. The van der Waals surface area contributed by atoms with Crippen LogP contribution in [0.15, 0.2) is 237 Å². The fraction of sp³-hybridized carbons (Fsp3) is 0. The van der Waals surface area contributed by atoms with Crippen molar-refractivity contribution in [1.82, 2.24) is 24.1 Å². The molecule has 0 saturated heterocycles. The second-order valence-corrected chi connectivity index (χ2v) is 18.6. The van der Waals surface area contributed by atoms with Crippen LogP contribution in [0.3, 0.4) is 0 Å². The Morgan fingerprint density at radius 3 is 1.38 bits per heavy atom. The standard InChI is InChI=1S/C63H39N5S/c1-4-16-40(17-5-1)42-30-34-44(35-31-42)61-64-62(45-36-32-43(33-37-45)41-18-6-2-7-19-41)66-63(65-61)52-25-14-24-49-50-38-39-51-57-55(68-53-26-12-10-22-47(53)48-23-11-13-27-54(48)68)28-15-29-56(57)69-60(51)59(50)67(58(49)52)46-20-8-3-9-21-46/h1-39H. The van der Waals surface area contributed by atoms with Gasteiger partial charge in [0.05, 0.1) is 32.5 Å². The summed E-state index contributed by atoms with van der Waals surface area (Å²) in [5.74, 6) is 1.84. The third kappa shape index (κ3) is 6.34. The lowest BCUT2D eigenvalue weighted by Crippen LogP contribution is -2.02. The van der Waals surface area contributed by atoms with Crippen LogP contribution < -0.4 is 0 Å². The maximum absolute atomic E-state index is 5.37. The van der Waals surface area contributed by atoms with E-state index in [1.807, 2.05) is 23.5 Å². The number of aromatic nitrogens is 5. The largest absolute Gasteiger partial charge is 0.309 e. The summed E-state index contributed by atoms with van der Waals surface area (Å²) in [6, 6.07) is 84.3. The van der Waals surface area contributed by atoms with Gasteiger partial charge in [-0.05, 0) is 64.7 Å². The van der Waals surface area contributed by atoms with Crippen LogP contribution in [0, 0.1) is 0 Å². The Morgan fingerprint density at radius 2 is 0.768 bits per heavy atom. The van der Waals surface area contributed by atoms with Crippen molar-refractivity contribution in [2.75, 3.05) is 0 Å². The van der Waals surface area contributed by atoms with E-state index in [4.69, 9.17) is 15.0 Å². The Balaban J connectivity index is 1.02. The normalized spacial score (nSPS) is 11.8. The predicted octanol–water partition coefficient (Wildman–Crippen LogP) is 16.8. The number of hydrogen-bond donors (Lipinski definition) is 0. The summed E-state index contributed by atoms with van der Waals surface area (Å²) >= 11 is 1.86. The second kappa shape index (κ2) is 15.8. The Hall–Kier alpha value is -8.97. The summed E-state index contributed by atoms with van der Waals surface area (Å²) < 4.78 is 7.37. The predicted molar refractivity (Wildman–Crippen MR) is 289 cm³/mol. The molecular formula is C63H39N5S. The molecule has 14 rings (SSSR count). The van der Waals surface area contributed by atoms with Crippen LogP contribution in [0.2, 0.25) is 0 Å². The third-order valence-electron chi connectivity index (χ3n) is 13.6. The van der Waals surface area contributed by atoms with Gasteiger partial charge in [0, 0.05) is 59.4 Å². The first-order chi connectivity index (χ1) is 34.2. The molecule has 0 spiro atoms. The number of hydrogen-bond acceptors (Lipinski definition) is 4. The van der Waals surface area contributed by atoms with Crippen LogP contribution in [0.5, 0.6) is 0 Å². The van der Waals surface area contributed by atoms with Crippen LogP contribution in [0.4, 0.5) is 0 Å². The number of para-hydroxylation sites is 4. The van der Waals surface area contributed by atoms with E-state index in [0.29, 0.717) is 17.5 Å². The van der Waals surface area contributed by atoms with E-state index in [1.165, 1.54) is 53.1 Å². The lowest BCUT2D eigenvalue weighted by molar-refractivity contribution is 1.07. The van der Waals surface area contributed by atoms with Crippen molar-refractivity contribution >= 4 is 75.1 Å². The molecule has 0 aliphatic rings. The minimum absolute atomic E-state index is 0.612. The molecule has 4 heterocycles. The molecule has 14 aromatic rings. The van der Waals surface area contributed by atoms with Gasteiger partial charge in [-0.15, -0.1) is 11.3 Å². The van der Waals surface area contributed by atoms with Crippen LogP contribution >= 0.6 is 11.3 Å². The number of benzene rings is 10. The van der Waals surface area contributed by atoms with E-state index in [2.05, 4.69) is 234 Å². The fourth-order valence-electron chi connectivity index (χ4n) is 10.4. The summed E-state index contributed by atoms with van der Waals surface area (Å²) in [5, 5.41) is 7.29. The van der Waals surface area contributed by atoms with Gasteiger partial charge in [-0.25, -0.2) is 15.0 Å². The molecule has 0 bridgehead atoms. The van der Waals surface area contributed by atoms with E-state index >= 15 is 0 Å². The molecule has 0 amide bonds. The van der Waals surface area contributed by atoms with E-state index < -0.39 is 0 Å². The highest BCUT2D eigenvalue weighted by Gasteiger charge is 2.24. The molecule has 322 valence electrons. The average molecular weight is 898 g/mol. The minimum atomic E-state index is 0.612. The maximum Gasteiger partial charge on any atom is 0.166 e. The summed E-state index contributed by atoms with van der Waals surface area (Å²) in [4.78, 5) is 16.0. The average Bonchev–Trinajstić information content (AvgIpc) is 4.10. The molecule has 0 fully saturated rings. The zero-order chi connectivity index (χ0) is 45.4. The van der Waals surface area contributed by atoms with Gasteiger partial charge in [0.15, 0.2) is 17.5 Å². The zero-order valence-electron chi connectivity index (χ0n) is 37.2. The lowest BCUT2D eigenvalue weighted by atomic mass is 10.0. The molecule has 0 aliphatic heterocycles. The van der Waals surface area contributed by atoms with Gasteiger partial charge in [-0.1, -0.05) is 194 Å². The number of rotatable bonds is 7. The van der Waals surface area contributed by atoms with Gasteiger partial charge in [0.25, 0.3) is 0 Å². The van der Waals surface area contributed by atoms with Crippen LogP contribution in [0.25, 0.3) is 132 Å². The van der Waals surface area contributed by atoms with Crippen molar-refractivity contribution in [3.8, 4) is 67.8 Å². The molecule has 0 aliphatic carbocycles. The second-order valence-electron chi connectivity index (χ2n) is 17.5. The highest BCUT2D eigenvalue weighted by atomic mass is 32.1. The molecule has 69 heavy (non-hydrogen) atoms. The Labute approximate surface area is 401 Å². The van der Waals surface area contributed by atoms with Gasteiger partial charge in [-0.2, -0.15) is 0 Å². The molecular weight excluding hydrogens is 859 g/mol. The van der Waals surface area contributed by atoms with E-state index in [0.717, 1.165) is 61.1 Å². The van der Waals surface area contributed by atoms with Crippen LogP contribution in [-0.2, 0) is 0 Å².